The molecule has 1 aromatic rings. The summed E-state index contributed by atoms with van der Waals surface area (Å²) in [6, 6.07) is 6.74. The minimum atomic E-state index is -0.884. The quantitative estimate of drug-likeness (QED) is 0.340. The zero-order valence-corrected chi connectivity index (χ0v) is 13.6. The van der Waals surface area contributed by atoms with E-state index in [0.29, 0.717) is 24.5 Å². The van der Waals surface area contributed by atoms with Crippen molar-refractivity contribution in [2.75, 3.05) is 19.8 Å². The second kappa shape index (κ2) is 9.38. The van der Waals surface area contributed by atoms with Gasteiger partial charge in [0.25, 0.3) is 5.91 Å². The van der Waals surface area contributed by atoms with E-state index in [1.807, 2.05) is 0 Å². The summed E-state index contributed by atoms with van der Waals surface area (Å²) in [4.78, 5) is 34.1. The number of nitrogens with zero attached hydrogens (tertiary/aromatic N) is 1. The van der Waals surface area contributed by atoms with Crippen molar-refractivity contribution in [2.45, 2.75) is 18.9 Å². The minimum absolute atomic E-state index is 0.0467. The standard InChI is InChI=1S/C16H20N4O5/c17-14(21)10-25-13-6-2-1-4-11(13)8-19-20-16(23)15(22)18-9-12-5-3-7-24-12/h1-2,4,6,8,12H,3,5,7,9-10H2,(H2,17,21)(H,18,22)(H,20,23)/b19-8-/t12-/m0/s1. The van der Waals surface area contributed by atoms with E-state index in [9.17, 15) is 14.4 Å². The van der Waals surface area contributed by atoms with Crippen molar-refractivity contribution >= 4 is 23.9 Å². The zero-order valence-electron chi connectivity index (χ0n) is 13.6. The van der Waals surface area contributed by atoms with E-state index in [1.54, 1.807) is 24.3 Å². The van der Waals surface area contributed by atoms with E-state index in [2.05, 4.69) is 15.8 Å². The molecule has 1 saturated heterocycles. The fourth-order valence-corrected chi connectivity index (χ4v) is 2.17. The third kappa shape index (κ3) is 6.22. The maximum atomic E-state index is 11.7. The third-order valence-corrected chi connectivity index (χ3v) is 3.38. The lowest BCUT2D eigenvalue weighted by Gasteiger charge is -2.09. The van der Waals surface area contributed by atoms with Crippen molar-refractivity contribution in [1.82, 2.24) is 10.7 Å². The van der Waals surface area contributed by atoms with E-state index < -0.39 is 17.7 Å². The number of amides is 3. The molecule has 1 aromatic carbocycles. The average molecular weight is 348 g/mol. The highest BCUT2D eigenvalue weighted by Crippen LogP contribution is 2.15. The van der Waals surface area contributed by atoms with Crippen LogP contribution in [0, 0.1) is 0 Å². The number of carbonyl (C=O) groups is 3. The molecule has 1 heterocycles. The molecule has 9 nitrogen and oxygen atoms in total. The van der Waals surface area contributed by atoms with E-state index in [4.69, 9.17) is 15.2 Å². The molecule has 25 heavy (non-hydrogen) atoms. The molecule has 0 unspecified atom stereocenters. The summed E-state index contributed by atoms with van der Waals surface area (Å²) in [5.41, 5.74) is 7.68. The van der Waals surface area contributed by atoms with Gasteiger partial charge in [-0.05, 0) is 25.0 Å². The van der Waals surface area contributed by atoms with Gasteiger partial charge < -0.3 is 20.5 Å². The number of ether oxygens (including phenoxy) is 2. The first-order valence-corrected chi connectivity index (χ1v) is 7.79. The fourth-order valence-electron chi connectivity index (χ4n) is 2.17. The molecule has 1 atom stereocenters. The fraction of sp³-hybridized carbons (Fsp3) is 0.375. The molecule has 2 rings (SSSR count). The van der Waals surface area contributed by atoms with Gasteiger partial charge in [-0.2, -0.15) is 5.10 Å². The van der Waals surface area contributed by atoms with E-state index in [-0.39, 0.29) is 12.7 Å². The first-order chi connectivity index (χ1) is 12.1. The van der Waals surface area contributed by atoms with Crippen LogP contribution in [-0.4, -0.2) is 49.8 Å². The Morgan fingerprint density at radius 2 is 2.12 bits per heavy atom. The lowest BCUT2D eigenvalue weighted by molar-refractivity contribution is -0.139. The lowest BCUT2D eigenvalue weighted by atomic mass is 10.2. The predicted octanol–water partition coefficient (Wildman–Crippen LogP) is -0.704. The van der Waals surface area contributed by atoms with Crippen molar-refractivity contribution in [2.24, 2.45) is 10.8 Å². The first-order valence-electron chi connectivity index (χ1n) is 7.79. The van der Waals surface area contributed by atoms with Crippen molar-refractivity contribution in [3.63, 3.8) is 0 Å². The molecule has 1 aliphatic heterocycles. The topological polar surface area (TPSA) is 132 Å². The summed E-state index contributed by atoms with van der Waals surface area (Å²) in [6.45, 7) is 0.691. The summed E-state index contributed by atoms with van der Waals surface area (Å²) >= 11 is 0. The smallest absolute Gasteiger partial charge is 0.329 e. The molecule has 0 aromatic heterocycles. The Morgan fingerprint density at radius 3 is 2.84 bits per heavy atom. The molecule has 0 radical (unpaired) electrons. The normalized spacial score (nSPS) is 16.6. The molecule has 134 valence electrons. The second-order valence-corrected chi connectivity index (χ2v) is 5.34. The Morgan fingerprint density at radius 1 is 1.32 bits per heavy atom. The monoisotopic (exact) mass is 348 g/mol. The SMILES string of the molecule is NC(=O)COc1ccccc1/C=N\NC(=O)C(=O)NC[C@@H]1CCCO1. The second-order valence-electron chi connectivity index (χ2n) is 5.34. The van der Waals surface area contributed by atoms with Crippen molar-refractivity contribution < 1.29 is 23.9 Å². The molecule has 0 aliphatic carbocycles. The van der Waals surface area contributed by atoms with Crippen LogP contribution in [0.3, 0.4) is 0 Å². The Bertz CT molecular complexity index is 656. The van der Waals surface area contributed by atoms with Gasteiger partial charge in [0.1, 0.15) is 5.75 Å². The van der Waals surface area contributed by atoms with E-state index in [0.717, 1.165) is 12.8 Å². The van der Waals surface area contributed by atoms with Crippen LogP contribution in [0.2, 0.25) is 0 Å². The highest BCUT2D eigenvalue weighted by molar-refractivity contribution is 6.35. The van der Waals surface area contributed by atoms with Gasteiger partial charge in [-0.1, -0.05) is 12.1 Å². The first kappa shape index (κ1) is 18.4. The number of para-hydroxylation sites is 1. The van der Waals surface area contributed by atoms with E-state index >= 15 is 0 Å². The molecule has 3 amide bonds. The Hall–Kier alpha value is -2.94. The highest BCUT2D eigenvalue weighted by Gasteiger charge is 2.18. The summed E-state index contributed by atoms with van der Waals surface area (Å²) in [7, 11) is 0. The average Bonchev–Trinajstić information content (AvgIpc) is 3.12. The van der Waals surface area contributed by atoms with Gasteiger partial charge in [0.05, 0.1) is 12.3 Å². The summed E-state index contributed by atoms with van der Waals surface area (Å²) in [5.74, 6) is -1.90. The number of benzene rings is 1. The van der Waals surface area contributed by atoms with Gasteiger partial charge in [0, 0.05) is 18.7 Å². The Labute approximate surface area is 144 Å². The van der Waals surface area contributed by atoms with Gasteiger partial charge in [0.2, 0.25) is 0 Å². The maximum absolute atomic E-state index is 11.7. The molecule has 4 N–H and O–H groups in total. The van der Waals surface area contributed by atoms with Crippen LogP contribution in [0.15, 0.2) is 29.4 Å². The highest BCUT2D eigenvalue weighted by atomic mass is 16.5. The van der Waals surface area contributed by atoms with Crippen molar-refractivity contribution in [3.8, 4) is 5.75 Å². The van der Waals surface area contributed by atoms with Crippen LogP contribution in [0.4, 0.5) is 0 Å². The molecule has 1 aliphatic rings. The summed E-state index contributed by atoms with van der Waals surface area (Å²) < 4.78 is 10.6. The van der Waals surface area contributed by atoms with Crippen molar-refractivity contribution in [1.29, 1.82) is 0 Å². The molecule has 0 saturated carbocycles. The van der Waals surface area contributed by atoms with Crippen LogP contribution >= 0.6 is 0 Å². The zero-order chi connectivity index (χ0) is 18.1. The summed E-state index contributed by atoms with van der Waals surface area (Å²) in [6.07, 6.45) is 3.08. The summed E-state index contributed by atoms with van der Waals surface area (Å²) in [5, 5.41) is 6.21. The molecular formula is C16H20N4O5. The maximum Gasteiger partial charge on any atom is 0.329 e. The number of rotatable bonds is 7. The number of primary amides is 1. The van der Waals surface area contributed by atoms with Crippen LogP contribution in [-0.2, 0) is 19.1 Å². The van der Waals surface area contributed by atoms with Crippen LogP contribution < -0.4 is 21.2 Å². The van der Waals surface area contributed by atoms with E-state index in [1.165, 1.54) is 6.21 Å². The van der Waals surface area contributed by atoms with Crippen molar-refractivity contribution in [3.05, 3.63) is 29.8 Å². The third-order valence-electron chi connectivity index (χ3n) is 3.38. The van der Waals surface area contributed by atoms with Gasteiger partial charge in [-0.15, -0.1) is 0 Å². The number of nitrogens with one attached hydrogen (secondary N) is 2. The Balaban J connectivity index is 1.82. The molecular weight excluding hydrogens is 328 g/mol. The van der Waals surface area contributed by atoms with Gasteiger partial charge in [-0.3, -0.25) is 14.4 Å². The van der Waals surface area contributed by atoms with Gasteiger partial charge >= 0.3 is 11.8 Å². The van der Waals surface area contributed by atoms with Gasteiger partial charge in [0.15, 0.2) is 6.61 Å². The number of carbonyl (C=O) groups excluding carboxylic acids is 3. The number of hydrazone groups is 1. The number of hydrogen-bond donors (Lipinski definition) is 3. The minimum Gasteiger partial charge on any atom is -0.483 e. The molecule has 0 bridgehead atoms. The molecule has 0 spiro atoms. The largest absolute Gasteiger partial charge is 0.483 e. The molecule has 9 heteroatoms. The van der Waals surface area contributed by atoms with Crippen LogP contribution in [0.5, 0.6) is 5.75 Å². The van der Waals surface area contributed by atoms with Crippen LogP contribution in [0.25, 0.3) is 0 Å². The lowest BCUT2D eigenvalue weighted by Crippen LogP contribution is -2.41. The Kier molecular flexibility index (Phi) is 6.90. The molecule has 1 fully saturated rings. The number of nitrogens with two attached hydrogens (primary N) is 1. The van der Waals surface area contributed by atoms with Crippen LogP contribution in [0.1, 0.15) is 18.4 Å². The number of hydrogen-bond acceptors (Lipinski definition) is 6. The predicted molar refractivity (Wildman–Crippen MR) is 88.9 cm³/mol. The van der Waals surface area contributed by atoms with Gasteiger partial charge in [-0.25, -0.2) is 5.43 Å².